The number of aromatic nitrogens is 4. The molecule has 6 rings (SSSR count). The number of nitrogens with two attached hydrogens (primary N) is 1. The number of likely N-dealkylation sites (N-methyl/N-ethyl adjacent to an activating group) is 1. The number of carbonyl (C=O) groups is 1. The molecule has 47 heavy (non-hydrogen) atoms. The lowest BCUT2D eigenvalue weighted by Crippen LogP contribution is -2.54. The number of carbonyl (C=O) groups excluding carboxylic acids is 1. The van der Waals surface area contributed by atoms with Gasteiger partial charge in [0.2, 0.25) is 0 Å². The molecular formula is C35H40FN9O2. The van der Waals surface area contributed by atoms with E-state index in [1.54, 1.807) is 33.8 Å². The van der Waals surface area contributed by atoms with Gasteiger partial charge in [0.1, 0.15) is 46.8 Å². The minimum absolute atomic E-state index is 0.136. The molecule has 11 nitrogen and oxygen atoms in total. The van der Waals surface area contributed by atoms with Crippen molar-refractivity contribution in [2.75, 3.05) is 45.0 Å². The molecule has 2 aromatic carbocycles. The Hall–Kier alpha value is -4.86. The zero-order chi connectivity index (χ0) is 33.1. The summed E-state index contributed by atoms with van der Waals surface area (Å²) >= 11 is 0. The molecule has 0 radical (unpaired) electrons. The Balaban J connectivity index is 1.25. The van der Waals surface area contributed by atoms with Crippen molar-refractivity contribution in [3.05, 3.63) is 72.3 Å². The maximum absolute atomic E-state index is 15.6. The molecule has 12 heteroatoms. The molecule has 0 bridgehead atoms. The number of hydrogen-bond donors (Lipinski definition) is 1. The number of likely N-dealkylation sites (tertiary alicyclic amines) is 1. The first-order chi connectivity index (χ1) is 22.7. The van der Waals surface area contributed by atoms with Crippen molar-refractivity contribution >= 4 is 22.8 Å². The lowest BCUT2D eigenvalue weighted by molar-refractivity contribution is -0.127. The van der Waals surface area contributed by atoms with Crippen LogP contribution in [0.2, 0.25) is 0 Å². The molecule has 0 spiro atoms. The summed E-state index contributed by atoms with van der Waals surface area (Å²) < 4.78 is 23.1. The molecule has 2 aliphatic heterocycles. The van der Waals surface area contributed by atoms with Crippen LogP contribution in [-0.4, -0.2) is 91.2 Å². The third kappa shape index (κ3) is 6.68. The van der Waals surface area contributed by atoms with Crippen LogP contribution in [0.25, 0.3) is 22.3 Å². The number of ether oxygens (including phenoxy) is 1. The van der Waals surface area contributed by atoms with Crippen LogP contribution in [0, 0.1) is 17.1 Å². The second-order valence-corrected chi connectivity index (χ2v) is 12.6. The van der Waals surface area contributed by atoms with Gasteiger partial charge in [-0.3, -0.25) is 9.69 Å². The number of piperazine rings is 1. The van der Waals surface area contributed by atoms with Crippen molar-refractivity contribution in [1.29, 1.82) is 5.26 Å². The lowest BCUT2D eigenvalue weighted by Gasteiger charge is -2.42. The predicted octanol–water partition coefficient (Wildman–Crippen LogP) is 4.86. The highest BCUT2D eigenvalue weighted by atomic mass is 19.1. The van der Waals surface area contributed by atoms with Crippen LogP contribution in [0.3, 0.4) is 0 Å². The summed E-state index contributed by atoms with van der Waals surface area (Å²) in [5.74, 6) is 0.291. The van der Waals surface area contributed by atoms with Gasteiger partial charge >= 0.3 is 0 Å². The van der Waals surface area contributed by atoms with E-state index in [9.17, 15) is 10.1 Å². The van der Waals surface area contributed by atoms with E-state index in [1.807, 2.05) is 24.3 Å². The van der Waals surface area contributed by atoms with E-state index in [4.69, 9.17) is 15.6 Å². The number of fused-ring (bicyclic) bond motifs is 1. The van der Waals surface area contributed by atoms with Crippen molar-refractivity contribution in [1.82, 2.24) is 34.4 Å². The highest BCUT2D eigenvalue weighted by Gasteiger charge is 2.35. The largest absolute Gasteiger partial charge is 0.457 e. The lowest BCUT2D eigenvalue weighted by atomic mass is 9.97. The smallest absolute Gasteiger partial charge is 0.264 e. The Morgan fingerprint density at radius 3 is 2.57 bits per heavy atom. The van der Waals surface area contributed by atoms with Crippen LogP contribution in [0.1, 0.15) is 33.6 Å². The van der Waals surface area contributed by atoms with E-state index >= 15 is 4.39 Å². The molecule has 4 aromatic rings. The summed E-state index contributed by atoms with van der Waals surface area (Å²) in [6.45, 7) is 11.8. The highest BCUT2D eigenvalue weighted by Crippen LogP contribution is 2.35. The van der Waals surface area contributed by atoms with Crippen LogP contribution in [-0.2, 0) is 11.3 Å². The monoisotopic (exact) mass is 637 g/mol. The van der Waals surface area contributed by atoms with Gasteiger partial charge in [-0.25, -0.2) is 19.0 Å². The molecule has 2 fully saturated rings. The second-order valence-electron chi connectivity index (χ2n) is 12.6. The molecule has 4 heterocycles. The van der Waals surface area contributed by atoms with Crippen molar-refractivity contribution in [2.45, 2.75) is 51.7 Å². The number of nitrogen functional groups attached to an aromatic ring is 1. The molecule has 2 saturated heterocycles. The van der Waals surface area contributed by atoms with Gasteiger partial charge in [-0.15, -0.1) is 0 Å². The minimum Gasteiger partial charge on any atom is -0.457 e. The number of hydrogen-bond acceptors (Lipinski definition) is 9. The molecule has 2 aliphatic rings. The molecular weight excluding hydrogens is 597 g/mol. The van der Waals surface area contributed by atoms with E-state index in [0.717, 1.165) is 45.6 Å². The zero-order valence-electron chi connectivity index (χ0n) is 27.1. The number of benzene rings is 2. The van der Waals surface area contributed by atoms with Gasteiger partial charge in [-0.2, -0.15) is 10.4 Å². The first-order valence-corrected chi connectivity index (χ1v) is 16.1. The molecule has 2 N–H and O–H groups in total. The fourth-order valence-corrected chi connectivity index (χ4v) is 6.60. The average molecular weight is 638 g/mol. The van der Waals surface area contributed by atoms with E-state index in [0.29, 0.717) is 41.3 Å². The zero-order valence-corrected chi connectivity index (χ0v) is 27.1. The predicted molar refractivity (Wildman–Crippen MR) is 178 cm³/mol. The molecule has 1 amide bonds. The van der Waals surface area contributed by atoms with Crippen molar-refractivity contribution in [2.24, 2.45) is 0 Å². The van der Waals surface area contributed by atoms with Gasteiger partial charge in [0.05, 0.1) is 18.0 Å². The third-order valence-corrected chi connectivity index (χ3v) is 9.24. The summed E-state index contributed by atoms with van der Waals surface area (Å²) in [5, 5.41) is 15.3. The Labute approximate surface area is 274 Å². The van der Waals surface area contributed by atoms with Gasteiger partial charge in [0.25, 0.3) is 5.91 Å². The van der Waals surface area contributed by atoms with Gasteiger partial charge in [0, 0.05) is 49.9 Å². The van der Waals surface area contributed by atoms with E-state index in [1.165, 1.54) is 12.4 Å². The number of rotatable bonds is 9. The van der Waals surface area contributed by atoms with Crippen molar-refractivity contribution < 1.29 is 13.9 Å². The summed E-state index contributed by atoms with van der Waals surface area (Å²) in [6.07, 6.45) is 4.68. The summed E-state index contributed by atoms with van der Waals surface area (Å²) in [5.41, 5.74) is 6.96. The second kappa shape index (κ2) is 13.5. The number of nitrogens with zero attached hydrogens (tertiary/aromatic N) is 8. The average Bonchev–Trinajstić information content (AvgIpc) is 3.69. The molecule has 0 aliphatic carbocycles. The number of anilines is 1. The van der Waals surface area contributed by atoms with Crippen LogP contribution in [0.15, 0.2) is 66.5 Å². The van der Waals surface area contributed by atoms with E-state index in [-0.39, 0.29) is 28.9 Å². The first-order valence-electron chi connectivity index (χ1n) is 16.1. The Morgan fingerprint density at radius 1 is 1.11 bits per heavy atom. The molecule has 244 valence electrons. The van der Waals surface area contributed by atoms with Crippen molar-refractivity contribution in [3.63, 3.8) is 0 Å². The number of nitriles is 1. The number of halogens is 1. The summed E-state index contributed by atoms with van der Waals surface area (Å²) in [4.78, 5) is 28.9. The molecule has 1 atom stereocenters. The number of para-hydroxylation sites is 1. The fourth-order valence-electron chi connectivity index (χ4n) is 6.60. The van der Waals surface area contributed by atoms with Gasteiger partial charge < -0.3 is 20.3 Å². The SMILES string of the molecule is CCN1CCN(C(C)(C)C=C(C#N)C(=O)N2CCCC2Cn2nc(-c3ccc(Oc4ccccc4)cc3F)c3c(N)ncnc32)CC1. The van der Waals surface area contributed by atoms with Crippen LogP contribution < -0.4 is 10.5 Å². The van der Waals surface area contributed by atoms with Gasteiger partial charge in [-0.1, -0.05) is 25.1 Å². The molecule has 1 unspecified atom stereocenters. The molecule has 0 saturated carbocycles. The number of amides is 1. The summed E-state index contributed by atoms with van der Waals surface area (Å²) in [6, 6.07) is 15.7. The van der Waals surface area contributed by atoms with Gasteiger partial charge in [0.15, 0.2) is 5.65 Å². The quantitative estimate of drug-likeness (QED) is 0.202. The normalized spacial score (nSPS) is 18.1. The third-order valence-electron chi connectivity index (χ3n) is 9.24. The first kappa shape index (κ1) is 32.1. The van der Waals surface area contributed by atoms with Crippen LogP contribution in [0.4, 0.5) is 10.2 Å². The van der Waals surface area contributed by atoms with Crippen LogP contribution >= 0.6 is 0 Å². The van der Waals surface area contributed by atoms with Crippen LogP contribution in [0.5, 0.6) is 11.5 Å². The minimum atomic E-state index is -0.534. The maximum Gasteiger partial charge on any atom is 0.264 e. The van der Waals surface area contributed by atoms with E-state index < -0.39 is 11.4 Å². The fraction of sp³-hybridized carbons (Fsp3) is 0.400. The Kier molecular flexibility index (Phi) is 9.20. The van der Waals surface area contributed by atoms with E-state index in [2.05, 4.69) is 46.6 Å². The standard InChI is InChI=1S/C35H40FN9O2/c1-4-42-15-17-43(18-16-42)35(2,3)20-24(21-37)34(46)44-14-8-9-25(44)22-45-33-30(32(38)39-23-40-33)31(41-45)28-13-12-27(19-29(28)36)47-26-10-6-5-7-11-26/h5-7,10-13,19-20,23,25H,4,8-9,14-18,22H2,1-3H3,(H2,38,39,40). The topological polar surface area (TPSA) is 129 Å². The van der Waals surface area contributed by atoms with Gasteiger partial charge in [-0.05, 0) is 63.6 Å². The molecule has 2 aromatic heterocycles. The highest BCUT2D eigenvalue weighted by molar-refractivity contribution is 5.99. The van der Waals surface area contributed by atoms with Crippen molar-refractivity contribution in [3.8, 4) is 28.8 Å². The Bertz CT molecular complexity index is 1820. The maximum atomic E-state index is 15.6. The summed E-state index contributed by atoms with van der Waals surface area (Å²) in [7, 11) is 0. The Morgan fingerprint density at radius 2 is 1.87 bits per heavy atom.